The van der Waals surface area contributed by atoms with Crippen molar-refractivity contribution in [2.75, 3.05) is 7.11 Å². The first kappa shape index (κ1) is 17.5. The Morgan fingerprint density at radius 3 is 2.63 bits per heavy atom. The normalized spacial score (nSPS) is 11.4. The van der Waals surface area contributed by atoms with Gasteiger partial charge in [0.2, 0.25) is 5.88 Å². The van der Waals surface area contributed by atoms with Crippen LogP contribution in [0.3, 0.4) is 0 Å². The molecule has 0 fully saturated rings. The number of aryl methyl sites for hydroxylation is 2. The van der Waals surface area contributed by atoms with Crippen molar-refractivity contribution in [2.45, 2.75) is 26.8 Å². The molecule has 0 unspecified atom stereocenters. The van der Waals surface area contributed by atoms with Crippen LogP contribution in [-0.2, 0) is 13.0 Å². The molecule has 3 aromatic heterocycles. The Kier molecular flexibility index (Phi) is 4.36. The van der Waals surface area contributed by atoms with Crippen LogP contribution in [0.25, 0.3) is 16.7 Å². The maximum absolute atomic E-state index is 13.4. The second-order valence-electron chi connectivity index (χ2n) is 6.33. The van der Waals surface area contributed by atoms with Crippen molar-refractivity contribution in [3.05, 3.63) is 68.9 Å². The first-order valence-electron chi connectivity index (χ1n) is 8.74. The van der Waals surface area contributed by atoms with Gasteiger partial charge in [-0.25, -0.2) is 4.98 Å². The number of methoxy groups -OCH3 is 1. The molecule has 0 aliphatic heterocycles. The van der Waals surface area contributed by atoms with Crippen molar-refractivity contribution in [1.29, 1.82) is 0 Å². The van der Waals surface area contributed by atoms with Crippen molar-refractivity contribution < 1.29 is 4.74 Å². The highest BCUT2D eigenvalue weighted by atomic mass is 35.5. The molecule has 4 aromatic rings. The van der Waals surface area contributed by atoms with Gasteiger partial charge < -0.3 is 4.74 Å². The van der Waals surface area contributed by atoms with Gasteiger partial charge in [-0.1, -0.05) is 36.7 Å². The molecule has 1 aromatic carbocycles. The highest BCUT2D eigenvalue weighted by Gasteiger charge is 2.19. The van der Waals surface area contributed by atoms with E-state index >= 15 is 0 Å². The Morgan fingerprint density at radius 2 is 1.93 bits per heavy atom. The Labute approximate surface area is 161 Å². The quantitative estimate of drug-likeness (QED) is 0.540. The molecule has 4 rings (SSSR count). The zero-order valence-corrected chi connectivity index (χ0v) is 16.1. The smallest absolute Gasteiger partial charge is 0.277 e. The fourth-order valence-electron chi connectivity index (χ4n) is 3.41. The Bertz CT molecular complexity index is 1230. The second kappa shape index (κ2) is 6.70. The van der Waals surface area contributed by atoms with Crippen molar-refractivity contribution in [1.82, 2.24) is 18.9 Å². The number of nitrogens with zero attached hydrogens (tertiary/aromatic N) is 4. The highest BCUT2D eigenvalue weighted by Crippen LogP contribution is 2.23. The number of rotatable bonds is 4. The molecule has 0 radical (unpaired) electrons. The predicted octanol–water partition coefficient (Wildman–Crippen LogP) is 3.63. The molecule has 0 spiro atoms. The SMILES string of the molecule is CCc1nc(C)c2c(=O)n(Cc3ccccc3Cl)c3ccc(OC)nc3n12. The lowest BCUT2D eigenvalue weighted by Crippen LogP contribution is -2.24. The number of imidazole rings is 1. The van der Waals surface area contributed by atoms with Crippen LogP contribution in [0.5, 0.6) is 5.88 Å². The number of hydrogen-bond donors (Lipinski definition) is 0. The molecular formula is C20H19ClN4O2. The van der Waals surface area contributed by atoms with Gasteiger partial charge in [-0.2, -0.15) is 4.98 Å². The monoisotopic (exact) mass is 382 g/mol. The number of aromatic nitrogens is 4. The van der Waals surface area contributed by atoms with E-state index < -0.39 is 0 Å². The maximum atomic E-state index is 13.4. The van der Waals surface area contributed by atoms with Crippen LogP contribution in [-0.4, -0.2) is 26.0 Å². The Morgan fingerprint density at radius 1 is 1.15 bits per heavy atom. The van der Waals surface area contributed by atoms with Crippen LogP contribution in [0.15, 0.2) is 41.2 Å². The lowest BCUT2D eigenvalue weighted by molar-refractivity contribution is 0.399. The third-order valence-corrected chi connectivity index (χ3v) is 5.08. The molecule has 0 N–H and O–H groups in total. The number of halogens is 1. The van der Waals surface area contributed by atoms with Gasteiger partial charge in [-0.05, 0) is 24.6 Å². The summed E-state index contributed by atoms with van der Waals surface area (Å²) >= 11 is 6.33. The van der Waals surface area contributed by atoms with Crippen LogP contribution in [0.4, 0.5) is 0 Å². The van der Waals surface area contributed by atoms with E-state index in [9.17, 15) is 4.79 Å². The van der Waals surface area contributed by atoms with Crippen molar-refractivity contribution in [2.24, 2.45) is 0 Å². The van der Waals surface area contributed by atoms with E-state index in [2.05, 4.69) is 9.97 Å². The van der Waals surface area contributed by atoms with E-state index in [-0.39, 0.29) is 5.56 Å². The fraction of sp³-hybridized carbons (Fsp3) is 0.250. The summed E-state index contributed by atoms with van der Waals surface area (Å²) in [5, 5.41) is 0.623. The first-order chi connectivity index (χ1) is 13.0. The van der Waals surface area contributed by atoms with Crippen molar-refractivity contribution in [3.63, 3.8) is 0 Å². The van der Waals surface area contributed by atoms with E-state index in [1.54, 1.807) is 17.7 Å². The van der Waals surface area contributed by atoms with Crippen LogP contribution in [0.2, 0.25) is 5.02 Å². The van der Waals surface area contributed by atoms with E-state index in [0.717, 1.165) is 11.4 Å². The van der Waals surface area contributed by atoms with Crippen LogP contribution in [0, 0.1) is 6.92 Å². The molecule has 27 heavy (non-hydrogen) atoms. The summed E-state index contributed by atoms with van der Waals surface area (Å²) in [4.78, 5) is 22.6. The van der Waals surface area contributed by atoms with Gasteiger partial charge >= 0.3 is 0 Å². The fourth-order valence-corrected chi connectivity index (χ4v) is 3.60. The zero-order valence-electron chi connectivity index (χ0n) is 15.4. The molecule has 7 heteroatoms. The van der Waals surface area contributed by atoms with Gasteiger partial charge in [0.25, 0.3) is 5.56 Å². The van der Waals surface area contributed by atoms with Crippen LogP contribution in [0.1, 0.15) is 24.0 Å². The second-order valence-corrected chi connectivity index (χ2v) is 6.74. The number of ether oxygens (including phenoxy) is 1. The van der Waals surface area contributed by atoms with E-state index in [4.69, 9.17) is 16.3 Å². The summed E-state index contributed by atoms with van der Waals surface area (Å²) in [6.45, 7) is 4.21. The zero-order chi connectivity index (χ0) is 19.1. The summed E-state index contributed by atoms with van der Waals surface area (Å²) < 4.78 is 8.85. The maximum Gasteiger partial charge on any atom is 0.277 e. The van der Waals surface area contributed by atoms with Gasteiger partial charge in [-0.15, -0.1) is 0 Å². The number of fused-ring (bicyclic) bond motifs is 3. The molecule has 0 bridgehead atoms. The number of benzene rings is 1. The van der Waals surface area contributed by atoms with E-state index in [1.807, 2.05) is 48.6 Å². The molecule has 138 valence electrons. The van der Waals surface area contributed by atoms with Crippen molar-refractivity contribution >= 4 is 28.3 Å². The van der Waals surface area contributed by atoms with Crippen molar-refractivity contribution in [3.8, 4) is 5.88 Å². The first-order valence-corrected chi connectivity index (χ1v) is 9.11. The van der Waals surface area contributed by atoms with Crippen LogP contribution >= 0.6 is 11.6 Å². The summed E-state index contributed by atoms with van der Waals surface area (Å²) in [6.07, 6.45) is 0.691. The molecular weight excluding hydrogens is 364 g/mol. The minimum atomic E-state index is -0.112. The highest BCUT2D eigenvalue weighted by molar-refractivity contribution is 6.31. The third-order valence-electron chi connectivity index (χ3n) is 4.71. The standard InChI is InChI=1S/C20H19ClN4O2/c1-4-16-22-12(2)18-20(26)24(11-13-7-5-6-8-14(13)21)15-9-10-17(27-3)23-19(15)25(16)18/h5-10H,4,11H2,1-3H3. The lowest BCUT2D eigenvalue weighted by Gasteiger charge is -2.14. The third kappa shape index (κ3) is 2.77. The van der Waals surface area contributed by atoms with E-state index in [1.165, 1.54) is 0 Å². The average molecular weight is 383 g/mol. The van der Waals surface area contributed by atoms with Gasteiger partial charge in [0.15, 0.2) is 5.65 Å². The Balaban J connectivity index is 2.12. The molecule has 0 saturated heterocycles. The molecule has 6 nitrogen and oxygen atoms in total. The van der Waals surface area contributed by atoms with Gasteiger partial charge in [0.1, 0.15) is 11.3 Å². The lowest BCUT2D eigenvalue weighted by atomic mass is 10.2. The Hall–Kier alpha value is -2.86. The predicted molar refractivity (Wildman–Crippen MR) is 106 cm³/mol. The average Bonchev–Trinajstić information content (AvgIpc) is 3.03. The topological polar surface area (TPSA) is 61.4 Å². The summed E-state index contributed by atoms with van der Waals surface area (Å²) in [6, 6.07) is 11.1. The number of pyridine rings is 1. The summed E-state index contributed by atoms with van der Waals surface area (Å²) in [5.41, 5.74) is 3.34. The van der Waals surface area contributed by atoms with E-state index in [0.29, 0.717) is 46.2 Å². The van der Waals surface area contributed by atoms with Crippen LogP contribution < -0.4 is 10.3 Å². The molecule has 0 aliphatic carbocycles. The van der Waals surface area contributed by atoms with Gasteiger partial charge in [-0.3, -0.25) is 13.8 Å². The molecule has 0 saturated carbocycles. The number of hydrogen-bond acceptors (Lipinski definition) is 4. The minimum Gasteiger partial charge on any atom is -0.481 e. The van der Waals surface area contributed by atoms with Gasteiger partial charge in [0, 0.05) is 17.5 Å². The molecule has 0 aliphatic rings. The molecule has 0 atom stereocenters. The molecule has 3 heterocycles. The molecule has 0 amide bonds. The van der Waals surface area contributed by atoms with Gasteiger partial charge in [0.05, 0.1) is 24.9 Å². The minimum absolute atomic E-state index is 0.112. The summed E-state index contributed by atoms with van der Waals surface area (Å²) in [5.74, 6) is 1.29. The largest absolute Gasteiger partial charge is 0.481 e. The summed E-state index contributed by atoms with van der Waals surface area (Å²) in [7, 11) is 1.57.